The van der Waals surface area contributed by atoms with Crippen molar-refractivity contribution in [2.24, 2.45) is 16.8 Å². The van der Waals surface area contributed by atoms with Gasteiger partial charge in [-0.1, -0.05) is 19.9 Å². The Morgan fingerprint density at radius 2 is 2.20 bits per heavy atom. The van der Waals surface area contributed by atoms with Crippen LogP contribution in [0.15, 0.2) is 17.6 Å². The lowest BCUT2D eigenvalue weighted by Gasteiger charge is -2.29. The summed E-state index contributed by atoms with van der Waals surface area (Å²) in [5.74, 6) is -1.01. The quantitative estimate of drug-likeness (QED) is 0.255. The molecule has 1 fully saturated rings. The number of nitrogens with one attached hydrogen (secondary N) is 1. The summed E-state index contributed by atoms with van der Waals surface area (Å²) in [5, 5.41) is 2.64. The Morgan fingerprint density at radius 1 is 1.50 bits per heavy atom. The first-order valence-corrected chi connectivity index (χ1v) is 7.15. The molecular formula is C14H21N3O2S. The molecule has 0 radical (unpaired) electrons. The Labute approximate surface area is 125 Å². The molecule has 1 unspecified atom stereocenters. The average Bonchev–Trinajstić information content (AvgIpc) is 2.37. The van der Waals surface area contributed by atoms with Crippen LogP contribution in [0.3, 0.4) is 0 Å². The van der Waals surface area contributed by atoms with Crippen LogP contribution in [-0.2, 0) is 9.59 Å². The SMILES string of the molecule is C=CCN1C(=O)C(C=NCCCC(C)C)C(=O)NC1=S. The molecule has 1 aliphatic rings. The summed E-state index contributed by atoms with van der Waals surface area (Å²) in [6.45, 7) is 8.78. The summed E-state index contributed by atoms with van der Waals surface area (Å²) in [5.41, 5.74) is 0. The third kappa shape index (κ3) is 4.52. The molecule has 0 spiro atoms. The molecule has 0 aromatic carbocycles. The molecule has 0 saturated carbocycles. The van der Waals surface area contributed by atoms with Crippen LogP contribution in [0.4, 0.5) is 0 Å². The molecule has 1 atom stereocenters. The predicted octanol–water partition coefficient (Wildman–Crippen LogP) is 1.54. The Morgan fingerprint density at radius 3 is 2.80 bits per heavy atom. The molecule has 1 N–H and O–H groups in total. The lowest BCUT2D eigenvalue weighted by atomic mass is 10.1. The fourth-order valence-corrected chi connectivity index (χ4v) is 2.10. The number of thiocarbonyl (C=S) groups is 1. The van der Waals surface area contributed by atoms with Crippen LogP contribution in [0, 0.1) is 11.8 Å². The van der Waals surface area contributed by atoms with Crippen LogP contribution in [-0.4, -0.2) is 41.1 Å². The maximum absolute atomic E-state index is 12.1. The first kappa shape index (κ1) is 16.5. The van der Waals surface area contributed by atoms with Crippen molar-refractivity contribution in [1.82, 2.24) is 10.2 Å². The molecule has 6 heteroatoms. The number of hydrogen-bond donors (Lipinski definition) is 1. The molecular weight excluding hydrogens is 274 g/mol. The topological polar surface area (TPSA) is 61.8 Å². The van der Waals surface area contributed by atoms with Gasteiger partial charge in [0, 0.05) is 19.3 Å². The third-order valence-corrected chi connectivity index (χ3v) is 3.25. The highest BCUT2D eigenvalue weighted by Gasteiger charge is 2.36. The van der Waals surface area contributed by atoms with Crippen molar-refractivity contribution >= 4 is 35.4 Å². The zero-order valence-electron chi connectivity index (χ0n) is 12.0. The zero-order valence-corrected chi connectivity index (χ0v) is 12.8. The van der Waals surface area contributed by atoms with Crippen LogP contribution in [0.5, 0.6) is 0 Å². The molecule has 1 aliphatic heterocycles. The fraction of sp³-hybridized carbons (Fsp3) is 0.571. The van der Waals surface area contributed by atoms with E-state index in [1.165, 1.54) is 11.1 Å². The van der Waals surface area contributed by atoms with Crippen molar-refractivity contribution in [2.45, 2.75) is 26.7 Å². The first-order valence-electron chi connectivity index (χ1n) is 6.74. The second-order valence-corrected chi connectivity index (χ2v) is 5.49. The number of nitrogens with zero attached hydrogens (tertiary/aromatic N) is 2. The molecule has 0 bridgehead atoms. The first-order chi connectivity index (χ1) is 9.47. The monoisotopic (exact) mass is 295 g/mol. The Balaban J connectivity index is 2.60. The van der Waals surface area contributed by atoms with Crippen molar-refractivity contribution in [2.75, 3.05) is 13.1 Å². The number of amides is 2. The number of rotatable bonds is 7. The fourth-order valence-electron chi connectivity index (χ4n) is 1.83. The zero-order chi connectivity index (χ0) is 15.1. The number of carbonyl (C=O) groups is 2. The molecule has 1 heterocycles. The summed E-state index contributed by atoms with van der Waals surface area (Å²) in [6.07, 6.45) is 5.02. The van der Waals surface area contributed by atoms with E-state index in [1.807, 2.05) is 0 Å². The van der Waals surface area contributed by atoms with Gasteiger partial charge in [-0.3, -0.25) is 19.5 Å². The molecule has 5 nitrogen and oxygen atoms in total. The molecule has 0 aliphatic carbocycles. The van der Waals surface area contributed by atoms with Crippen LogP contribution in [0.25, 0.3) is 0 Å². The van der Waals surface area contributed by atoms with E-state index in [1.54, 1.807) is 6.08 Å². The predicted molar refractivity (Wildman–Crippen MR) is 83.6 cm³/mol. The smallest absolute Gasteiger partial charge is 0.247 e. The van der Waals surface area contributed by atoms with Crippen molar-refractivity contribution in [3.05, 3.63) is 12.7 Å². The number of hydrogen-bond acceptors (Lipinski definition) is 4. The third-order valence-electron chi connectivity index (χ3n) is 2.92. The van der Waals surface area contributed by atoms with Gasteiger partial charge in [0.05, 0.1) is 0 Å². The van der Waals surface area contributed by atoms with Gasteiger partial charge < -0.3 is 5.32 Å². The van der Waals surface area contributed by atoms with Gasteiger partial charge >= 0.3 is 0 Å². The summed E-state index contributed by atoms with van der Waals surface area (Å²) in [7, 11) is 0. The van der Waals surface area contributed by atoms with Crippen LogP contribution >= 0.6 is 12.2 Å². The van der Waals surface area contributed by atoms with E-state index >= 15 is 0 Å². The van der Waals surface area contributed by atoms with E-state index in [2.05, 4.69) is 30.7 Å². The highest BCUT2D eigenvalue weighted by molar-refractivity contribution is 7.80. The van der Waals surface area contributed by atoms with Crippen molar-refractivity contribution in [3.63, 3.8) is 0 Å². The summed E-state index contributed by atoms with van der Waals surface area (Å²) < 4.78 is 0. The van der Waals surface area contributed by atoms with Crippen molar-refractivity contribution in [1.29, 1.82) is 0 Å². The van der Waals surface area contributed by atoms with Crippen molar-refractivity contribution < 1.29 is 9.59 Å². The molecule has 0 aromatic rings. The Hall–Kier alpha value is -1.56. The van der Waals surface area contributed by atoms with E-state index < -0.39 is 11.8 Å². The standard InChI is InChI=1S/C14H21N3O2S/c1-4-8-17-13(19)11(12(18)16-14(17)20)9-15-7-5-6-10(2)3/h4,9-11H,1,5-8H2,2-3H3,(H,16,18,20). The Bertz CT molecular complexity index is 432. The number of carbonyl (C=O) groups excluding carboxylic acids is 2. The minimum Gasteiger partial charge on any atom is -0.302 e. The van der Waals surface area contributed by atoms with Gasteiger partial charge in [0.1, 0.15) is 0 Å². The van der Waals surface area contributed by atoms with E-state index in [0.29, 0.717) is 12.5 Å². The summed E-state index contributed by atoms with van der Waals surface area (Å²) in [6, 6.07) is 0. The molecule has 1 saturated heterocycles. The molecule has 0 aromatic heterocycles. The number of aliphatic imine (C=N–C) groups is 1. The van der Waals surface area contributed by atoms with Gasteiger partial charge in [-0.05, 0) is 31.0 Å². The Kier molecular flexibility index (Phi) is 6.51. The van der Waals surface area contributed by atoms with Gasteiger partial charge in [-0.2, -0.15) is 0 Å². The summed E-state index contributed by atoms with van der Waals surface area (Å²) in [4.78, 5) is 29.4. The van der Waals surface area contributed by atoms with Gasteiger partial charge in [-0.25, -0.2) is 0 Å². The van der Waals surface area contributed by atoms with Crippen LogP contribution < -0.4 is 5.32 Å². The minimum absolute atomic E-state index is 0.129. The highest BCUT2D eigenvalue weighted by atomic mass is 32.1. The van der Waals surface area contributed by atoms with Gasteiger partial charge in [0.25, 0.3) is 0 Å². The van der Waals surface area contributed by atoms with Gasteiger partial charge in [0.15, 0.2) is 11.0 Å². The molecule has 1 rings (SSSR count). The largest absolute Gasteiger partial charge is 0.302 e. The summed E-state index contributed by atoms with van der Waals surface area (Å²) >= 11 is 4.96. The average molecular weight is 295 g/mol. The van der Waals surface area contributed by atoms with Crippen LogP contribution in [0.2, 0.25) is 0 Å². The van der Waals surface area contributed by atoms with E-state index in [0.717, 1.165) is 12.8 Å². The van der Waals surface area contributed by atoms with E-state index in [-0.39, 0.29) is 17.6 Å². The van der Waals surface area contributed by atoms with E-state index in [9.17, 15) is 9.59 Å². The maximum atomic E-state index is 12.1. The van der Waals surface area contributed by atoms with Gasteiger partial charge in [-0.15, -0.1) is 6.58 Å². The van der Waals surface area contributed by atoms with Gasteiger partial charge in [0.2, 0.25) is 11.8 Å². The molecule has 2 amide bonds. The second kappa shape index (κ2) is 7.89. The maximum Gasteiger partial charge on any atom is 0.247 e. The minimum atomic E-state index is -0.888. The molecule has 110 valence electrons. The molecule has 20 heavy (non-hydrogen) atoms. The van der Waals surface area contributed by atoms with E-state index in [4.69, 9.17) is 12.2 Å². The normalized spacial score (nSPS) is 19.9. The van der Waals surface area contributed by atoms with Crippen molar-refractivity contribution in [3.8, 4) is 0 Å². The van der Waals surface area contributed by atoms with Crippen LogP contribution in [0.1, 0.15) is 26.7 Å². The highest BCUT2D eigenvalue weighted by Crippen LogP contribution is 2.09. The second-order valence-electron chi connectivity index (χ2n) is 5.10. The lowest BCUT2D eigenvalue weighted by Crippen LogP contribution is -2.58. The lowest BCUT2D eigenvalue weighted by molar-refractivity contribution is -0.137.